The van der Waals surface area contributed by atoms with Gasteiger partial charge >= 0.3 is 5.69 Å². The minimum absolute atomic E-state index is 0.0780. The van der Waals surface area contributed by atoms with Gasteiger partial charge in [-0.25, -0.2) is 0 Å². The van der Waals surface area contributed by atoms with E-state index in [9.17, 15) is 20.0 Å². The van der Waals surface area contributed by atoms with Crippen molar-refractivity contribution in [3.63, 3.8) is 0 Å². The summed E-state index contributed by atoms with van der Waals surface area (Å²) in [5.41, 5.74) is 2.21. The summed E-state index contributed by atoms with van der Waals surface area (Å²) in [6, 6.07) is 11.3. The third-order valence-corrected chi connectivity index (χ3v) is 5.40. The smallest absolute Gasteiger partial charge is 0.312 e. The van der Waals surface area contributed by atoms with Gasteiger partial charge in [0.15, 0.2) is 0 Å². The molecule has 0 fully saturated rings. The SMILES string of the molecule is Cc1nn(CC(=O)N(Cc2ccccc2)C[C@H](O)c2ccsc2)c(C)c1[N+](=O)[O-]. The number of rotatable bonds is 8. The fourth-order valence-electron chi connectivity index (χ4n) is 3.17. The lowest BCUT2D eigenvalue weighted by molar-refractivity contribution is -0.386. The standard InChI is InChI=1S/C20H22N4O4S/c1-14-20(24(27)28)15(2)23(21-14)12-19(26)22(10-16-6-4-3-5-7-16)11-18(25)17-8-9-29-13-17/h3-9,13,18,25H,10-12H2,1-2H3/t18-/m0/s1. The molecule has 8 nitrogen and oxygen atoms in total. The topological polar surface area (TPSA) is 102 Å². The Morgan fingerprint density at radius 1 is 1.31 bits per heavy atom. The number of aryl methyl sites for hydroxylation is 1. The van der Waals surface area contributed by atoms with E-state index in [1.54, 1.807) is 18.7 Å². The highest BCUT2D eigenvalue weighted by atomic mass is 32.1. The number of nitrogens with zero attached hydrogens (tertiary/aromatic N) is 4. The minimum atomic E-state index is -0.816. The molecule has 1 N–H and O–H groups in total. The highest BCUT2D eigenvalue weighted by Gasteiger charge is 2.25. The second kappa shape index (κ2) is 8.97. The average molecular weight is 414 g/mol. The van der Waals surface area contributed by atoms with Crippen LogP contribution in [0.1, 0.15) is 28.6 Å². The van der Waals surface area contributed by atoms with E-state index < -0.39 is 11.0 Å². The van der Waals surface area contributed by atoms with E-state index >= 15 is 0 Å². The predicted molar refractivity (Wildman–Crippen MR) is 109 cm³/mol. The fraction of sp³-hybridized carbons (Fsp3) is 0.300. The highest BCUT2D eigenvalue weighted by Crippen LogP contribution is 2.23. The first-order valence-electron chi connectivity index (χ1n) is 9.07. The molecule has 2 aromatic heterocycles. The number of carbonyl (C=O) groups is 1. The van der Waals surface area contributed by atoms with Crippen LogP contribution in [0.15, 0.2) is 47.2 Å². The first-order valence-corrected chi connectivity index (χ1v) is 10.0. The van der Waals surface area contributed by atoms with Gasteiger partial charge in [0, 0.05) is 6.54 Å². The number of aliphatic hydroxyl groups excluding tert-OH is 1. The molecule has 9 heteroatoms. The molecule has 0 spiro atoms. The van der Waals surface area contributed by atoms with Crippen LogP contribution in [-0.4, -0.2) is 37.2 Å². The van der Waals surface area contributed by atoms with Gasteiger partial charge in [-0.1, -0.05) is 30.3 Å². The number of nitro groups is 1. The summed E-state index contributed by atoms with van der Waals surface area (Å²) in [7, 11) is 0. The molecule has 0 unspecified atom stereocenters. The van der Waals surface area contributed by atoms with Crippen LogP contribution in [0.2, 0.25) is 0 Å². The molecule has 0 saturated heterocycles. The van der Waals surface area contributed by atoms with E-state index in [0.29, 0.717) is 12.2 Å². The number of aromatic nitrogens is 2. The van der Waals surface area contributed by atoms with Crippen molar-refractivity contribution in [1.82, 2.24) is 14.7 Å². The maximum absolute atomic E-state index is 13.1. The van der Waals surface area contributed by atoms with Gasteiger partial charge in [-0.15, -0.1) is 0 Å². The number of aliphatic hydroxyl groups is 1. The number of amides is 1. The molecule has 3 aromatic rings. The molecule has 1 aromatic carbocycles. The quantitative estimate of drug-likeness (QED) is 0.450. The van der Waals surface area contributed by atoms with Gasteiger partial charge in [0.2, 0.25) is 5.91 Å². The highest BCUT2D eigenvalue weighted by molar-refractivity contribution is 7.07. The average Bonchev–Trinajstić information content (AvgIpc) is 3.30. The lowest BCUT2D eigenvalue weighted by Gasteiger charge is -2.25. The Kier molecular flexibility index (Phi) is 6.40. The lowest BCUT2D eigenvalue weighted by atomic mass is 10.1. The number of thiophene rings is 1. The van der Waals surface area contributed by atoms with Crippen LogP contribution < -0.4 is 0 Å². The van der Waals surface area contributed by atoms with Crippen molar-refractivity contribution in [3.8, 4) is 0 Å². The number of hydrogen-bond acceptors (Lipinski definition) is 6. The van der Waals surface area contributed by atoms with Crippen molar-refractivity contribution in [2.24, 2.45) is 0 Å². The molecule has 0 aliphatic heterocycles. The Morgan fingerprint density at radius 3 is 2.62 bits per heavy atom. The van der Waals surface area contributed by atoms with E-state index in [1.165, 1.54) is 16.0 Å². The summed E-state index contributed by atoms with van der Waals surface area (Å²) in [6.45, 7) is 3.43. The van der Waals surface area contributed by atoms with E-state index in [1.807, 2.05) is 47.2 Å². The molecule has 0 aliphatic rings. The molecular formula is C20H22N4O4S. The second-order valence-corrected chi connectivity index (χ2v) is 7.55. The van der Waals surface area contributed by atoms with Gasteiger partial charge in [0.05, 0.1) is 17.6 Å². The van der Waals surface area contributed by atoms with Crippen LogP contribution in [0.4, 0.5) is 5.69 Å². The molecular weight excluding hydrogens is 392 g/mol. The van der Waals surface area contributed by atoms with Crippen LogP contribution in [0.5, 0.6) is 0 Å². The molecule has 0 saturated carbocycles. The van der Waals surface area contributed by atoms with Crippen LogP contribution >= 0.6 is 11.3 Å². The maximum Gasteiger partial charge on any atom is 0.312 e. The van der Waals surface area contributed by atoms with Crippen molar-refractivity contribution in [2.75, 3.05) is 6.54 Å². The van der Waals surface area contributed by atoms with Crippen molar-refractivity contribution >= 4 is 22.9 Å². The summed E-state index contributed by atoms with van der Waals surface area (Å²) in [4.78, 5) is 25.3. The van der Waals surface area contributed by atoms with Gasteiger partial charge in [-0.3, -0.25) is 19.6 Å². The zero-order valence-corrected chi connectivity index (χ0v) is 17.0. The van der Waals surface area contributed by atoms with Crippen molar-refractivity contribution < 1.29 is 14.8 Å². The normalized spacial score (nSPS) is 12.0. The maximum atomic E-state index is 13.1. The van der Waals surface area contributed by atoms with E-state index in [2.05, 4.69) is 5.10 Å². The Balaban J connectivity index is 1.82. The number of carbonyl (C=O) groups excluding carboxylic acids is 1. The van der Waals surface area contributed by atoms with Crippen molar-refractivity contribution in [3.05, 3.63) is 79.8 Å². The predicted octanol–water partition coefficient (Wildman–Crippen LogP) is 3.23. The minimum Gasteiger partial charge on any atom is -0.387 e. The summed E-state index contributed by atoms with van der Waals surface area (Å²) >= 11 is 1.48. The molecule has 1 atom stereocenters. The molecule has 1 amide bonds. The Morgan fingerprint density at radius 2 is 2.03 bits per heavy atom. The van der Waals surface area contributed by atoms with Crippen LogP contribution in [0, 0.1) is 24.0 Å². The lowest BCUT2D eigenvalue weighted by Crippen LogP contribution is -2.37. The van der Waals surface area contributed by atoms with Crippen molar-refractivity contribution in [1.29, 1.82) is 0 Å². The van der Waals surface area contributed by atoms with Gasteiger partial charge in [0.25, 0.3) is 0 Å². The molecule has 0 radical (unpaired) electrons. The summed E-state index contributed by atoms with van der Waals surface area (Å²) in [6.07, 6.45) is -0.816. The summed E-state index contributed by atoms with van der Waals surface area (Å²) in [5, 5.41) is 29.6. The summed E-state index contributed by atoms with van der Waals surface area (Å²) < 4.78 is 1.35. The third-order valence-electron chi connectivity index (χ3n) is 4.70. The van der Waals surface area contributed by atoms with Gasteiger partial charge < -0.3 is 10.0 Å². The molecule has 0 aliphatic carbocycles. The second-order valence-electron chi connectivity index (χ2n) is 6.77. The van der Waals surface area contributed by atoms with E-state index in [-0.39, 0.29) is 30.4 Å². The Bertz CT molecular complexity index is 986. The van der Waals surface area contributed by atoms with Crippen LogP contribution in [-0.2, 0) is 17.9 Å². The molecule has 2 heterocycles. The molecule has 0 bridgehead atoms. The molecule has 3 rings (SSSR count). The zero-order valence-electron chi connectivity index (χ0n) is 16.2. The number of benzene rings is 1. The zero-order chi connectivity index (χ0) is 21.0. The van der Waals surface area contributed by atoms with Crippen LogP contribution in [0.25, 0.3) is 0 Å². The Hall–Kier alpha value is -3.04. The van der Waals surface area contributed by atoms with Gasteiger partial charge in [-0.05, 0) is 41.8 Å². The fourth-order valence-corrected chi connectivity index (χ4v) is 3.88. The first-order chi connectivity index (χ1) is 13.9. The monoisotopic (exact) mass is 414 g/mol. The van der Waals surface area contributed by atoms with E-state index in [4.69, 9.17) is 0 Å². The van der Waals surface area contributed by atoms with Crippen LogP contribution in [0.3, 0.4) is 0 Å². The molecule has 152 valence electrons. The van der Waals surface area contributed by atoms with Crippen molar-refractivity contribution in [2.45, 2.75) is 33.0 Å². The van der Waals surface area contributed by atoms with Gasteiger partial charge in [0.1, 0.15) is 17.9 Å². The third kappa shape index (κ3) is 4.87. The largest absolute Gasteiger partial charge is 0.387 e. The number of hydrogen-bond donors (Lipinski definition) is 1. The first kappa shape index (κ1) is 20.7. The molecule has 29 heavy (non-hydrogen) atoms. The summed E-state index contributed by atoms with van der Waals surface area (Å²) in [5.74, 6) is -0.274. The Labute approximate surface area is 172 Å². The van der Waals surface area contributed by atoms with E-state index in [0.717, 1.165) is 11.1 Å². The van der Waals surface area contributed by atoms with Gasteiger partial charge in [-0.2, -0.15) is 16.4 Å².